The van der Waals surface area contributed by atoms with Gasteiger partial charge in [0, 0.05) is 39.1 Å². The fraction of sp³-hybridized carbons (Fsp3) is 0.923. The second-order valence-electron chi connectivity index (χ2n) is 6.12. The lowest BCUT2D eigenvalue weighted by Gasteiger charge is -2.37. The largest absolute Gasteiger partial charge is 0.389 e. The van der Waals surface area contributed by atoms with Crippen LogP contribution in [0, 0.1) is 5.92 Å². The summed E-state index contributed by atoms with van der Waals surface area (Å²) in [5, 5.41) is 9.75. The Hall–Kier alpha value is -0.610. The lowest BCUT2D eigenvalue weighted by atomic mass is 10.1. The van der Waals surface area contributed by atoms with E-state index in [4.69, 9.17) is 0 Å². The van der Waals surface area contributed by atoms with E-state index < -0.39 is 5.60 Å². The highest BCUT2D eigenvalue weighted by atomic mass is 16.3. The molecule has 0 spiro atoms. The minimum atomic E-state index is -0.639. The molecule has 0 unspecified atom stereocenters. The average molecular weight is 240 g/mol. The maximum atomic E-state index is 11.9. The standard InChI is InChI=1S/C13H24N2O2/c1-13(2,17)10-14-5-7-15(8-6-14)12(16)9-11-3-4-11/h11,17H,3-10H2,1-2H3. The Morgan fingerprint density at radius 1 is 1.24 bits per heavy atom. The van der Waals surface area contributed by atoms with E-state index in [9.17, 15) is 9.90 Å². The van der Waals surface area contributed by atoms with Crippen LogP contribution in [0.3, 0.4) is 0 Å². The van der Waals surface area contributed by atoms with Gasteiger partial charge >= 0.3 is 0 Å². The van der Waals surface area contributed by atoms with Gasteiger partial charge in [-0.15, -0.1) is 0 Å². The van der Waals surface area contributed by atoms with Crippen molar-refractivity contribution < 1.29 is 9.90 Å². The maximum absolute atomic E-state index is 11.9. The summed E-state index contributed by atoms with van der Waals surface area (Å²) < 4.78 is 0. The molecule has 1 saturated carbocycles. The predicted octanol–water partition coefficient (Wildman–Crippen LogP) is 0.702. The highest BCUT2D eigenvalue weighted by Gasteiger charge is 2.29. The third-order valence-corrected chi connectivity index (χ3v) is 3.50. The number of amides is 1. The van der Waals surface area contributed by atoms with Crippen molar-refractivity contribution in [2.75, 3.05) is 32.7 Å². The highest BCUT2D eigenvalue weighted by molar-refractivity contribution is 5.76. The van der Waals surface area contributed by atoms with Gasteiger partial charge in [0.15, 0.2) is 0 Å². The molecule has 0 bridgehead atoms. The van der Waals surface area contributed by atoms with Gasteiger partial charge in [-0.05, 0) is 32.6 Å². The van der Waals surface area contributed by atoms with Gasteiger partial charge in [-0.1, -0.05) is 0 Å². The second-order valence-corrected chi connectivity index (χ2v) is 6.12. The monoisotopic (exact) mass is 240 g/mol. The Morgan fingerprint density at radius 2 is 1.82 bits per heavy atom. The van der Waals surface area contributed by atoms with Gasteiger partial charge in [-0.2, -0.15) is 0 Å². The van der Waals surface area contributed by atoms with E-state index in [1.165, 1.54) is 12.8 Å². The van der Waals surface area contributed by atoms with E-state index in [0.29, 0.717) is 18.4 Å². The number of hydrogen-bond donors (Lipinski definition) is 1. The minimum absolute atomic E-state index is 0.329. The molecular weight excluding hydrogens is 216 g/mol. The van der Waals surface area contributed by atoms with Crippen LogP contribution in [0.2, 0.25) is 0 Å². The number of nitrogens with zero attached hydrogens (tertiary/aromatic N) is 2. The zero-order chi connectivity index (χ0) is 12.5. The maximum Gasteiger partial charge on any atom is 0.222 e. The molecule has 1 heterocycles. The van der Waals surface area contributed by atoms with Gasteiger partial charge in [0.25, 0.3) is 0 Å². The molecule has 0 atom stereocenters. The predicted molar refractivity (Wildman–Crippen MR) is 66.7 cm³/mol. The Kier molecular flexibility index (Phi) is 3.73. The molecule has 2 fully saturated rings. The zero-order valence-corrected chi connectivity index (χ0v) is 11.0. The molecule has 4 heteroatoms. The Bertz CT molecular complexity index is 274. The van der Waals surface area contributed by atoms with E-state index in [1.807, 2.05) is 18.7 Å². The van der Waals surface area contributed by atoms with Crippen molar-refractivity contribution in [2.45, 2.75) is 38.7 Å². The first kappa shape index (κ1) is 12.8. The third-order valence-electron chi connectivity index (χ3n) is 3.50. The number of β-amino-alcohol motifs (C(OH)–C–C–N with tert-alkyl or cyclic N) is 1. The van der Waals surface area contributed by atoms with Crippen LogP contribution < -0.4 is 0 Å². The molecule has 1 amide bonds. The van der Waals surface area contributed by atoms with Gasteiger partial charge in [0.05, 0.1) is 5.60 Å². The van der Waals surface area contributed by atoms with Gasteiger partial charge in [0.1, 0.15) is 0 Å². The molecule has 0 aromatic rings. The molecule has 98 valence electrons. The smallest absolute Gasteiger partial charge is 0.222 e. The summed E-state index contributed by atoms with van der Waals surface area (Å²) >= 11 is 0. The van der Waals surface area contributed by atoms with Crippen LogP contribution in [0.1, 0.15) is 33.1 Å². The van der Waals surface area contributed by atoms with Crippen LogP contribution in [0.15, 0.2) is 0 Å². The summed E-state index contributed by atoms with van der Waals surface area (Å²) in [6.45, 7) is 7.77. The molecular formula is C13H24N2O2. The van der Waals surface area contributed by atoms with Gasteiger partial charge in [-0.3, -0.25) is 9.69 Å². The third kappa shape index (κ3) is 4.28. The Morgan fingerprint density at radius 3 is 2.29 bits per heavy atom. The molecule has 1 aliphatic carbocycles. The van der Waals surface area contributed by atoms with Crippen molar-refractivity contribution in [2.24, 2.45) is 5.92 Å². The van der Waals surface area contributed by atoms with Gasteiger partial charge in [-0.25, -0.2) is 0 Å². The molecule has 1 N–H and O–H groups in total. The summed E-state index contributed by atoms with van der Waals surface area (Å²) in [6, 6.07) is 0. The number of hydrogen-bond acceptors (Lipinski definition) is 3. The van der Waals surface area contributed by atoms with Crippen molar-refractivity contribution in [1.29, 1.82) is 0 Å². The molecule has 4 nitrogen and oxygen atoms in total. The first-order valence-electron chi connectivity index (χ1n) is 6.66. The fourth-order valence-corrected chi connectivity index (χ4v) is 2.40. The number of piperazine rings is 1. The summed E-state index contributed by atoms with van der Waals surface area (Å²) in [5.74, 6) is 1.01. The van der Waals surface area contributed by atoms with Crippen LogP contribution in [0.4, 0.5) is 0 Å². The lowest BCUT2D eigenvalue weighted by molar-refractivity contribution is -0.133. The van der Waals surface area contributed by atoms with E-state index in [2.05, 4.69) is 4.90 Å². The van der Waals surface area contributed by atoms with E-state index >= 15 is 0 Å². The van der Waals surface area contributed by atoms with Crippen LogP contribution in [-0.4, -0.2) is 59.1 Å². The SMILES string of the molecule is CC(C)(O)CN1CCN(C(=O)CC2CC2)CC1. The normalized spacial score (nSPS) is 22.9. The quantitative estimate of drug-likeness (QED) is 0.787. The lowest BCUT2D eigenvalue weighted by Crippen LogP contribution is -2.52. The summed E-state index contributed by atoms with van der Waals surface area (Å²) in [7, 11) is 0. The number of rotatable bonds is 4. The van der Waals surface area contributed by atoms with Crippen molar-refractivity contribution in [3.63, 3.8) is 0 Å². The molecule has 0 aromatic carbocycles. The average Bonchev–Trinajstić information content (AvgIpc) is 3.00. The Labute approximate surface area is 104 Å². The van der Waals surface area contributed by atoms with Crippen LogP contribution in [-0.2, 0) is 4.79 Å². The topological polar surface area (TPSA) is 43.8 Å². The van der Waals surface area contributed by atoms with Crippen molar-refractivity contribution in [3.05, 3.63) is 0 Å². The Balaban J connectivity index is 1.71. The minimum Gasteiger partial charge on any atom is -0.389 e. The molecule has 2 aliphatic rings. The molecule has 1 aliphatic heterocycles. The number of carbonyl (C=O) groups is 1. The molecule has 17 heavy (non-hydrogen) atoms. The van der Waals surface area contributed by atoms with Crippen LogP contribution in [0.5, 0.6) is 0 Å². The van der Waals surface area contributed by atoms with Crippen LogP contribution in [0.25, 0.3) is 0 Å². The molecule has 0 radical (unpaired) electrons. The summed E-state index contributed by atoms with van der Waals surface area (Å²) in [6.07, 6.45) is 3.24. The molecule has 0 aromatic heterocycles. The number of aliphatic hydroxyl groups is 1. The first-order chi connectivity index (χ1) is 7.94. The van der Waals surface area contributed by atoms with Crippen molar-refractivity contribution >= 4 is 5.91 Å². The summed E-state index contributed by atoms with van der Waals surface area (Å²) in [5.41, 5.74) is -0.639. The second kappa shape index (κ2) is 4.94. The highest BCUT2D eigenvalue weighted by Crippen LogP contribution is 2.32. The fourth-order valence-electron chi connectivity index (χ4n) is 2.40. The van der Waals surface area contributed by atoms with E-state index in [0.717, 1.165) is 32.6 Å². The zero-order valence-electron chi connectivity index (χ0n) is 11.0. The summed E-state index contributed by atoms with van der Waals surface area (Å²) in [4.78, 5) is 16.1. The van der Waals surface area contributed by atoms with Crippen molar-refractivity contribution in [1.82, 2.24) is 9.80 Å². The first-order valence-corrected chi connectivity index (χ1v) is 6.66. The van der Waals surface area contributed by atoms with Crippen LogP contribution >= 0.6 is 0 Å². The number of carbonyl (C=O) groups excluding carboxylic acids is 1. The van der Waals surface area contributed by atoms with Crippen molar-refractivity contribution in [3.8, 4) is 0 Å². The van der Waals surface area contributed by atoms with E-state index in [1.54, 1.807) is 0 Å². The molecule has 2 rings (SSSR count). The van der Waals surface area contributed by atoms with Gasteiger partial charge < -0.3 is 10.0 Å². The molecule has 1 saturated heterocycles. The van der Waals surface area contributed by atoms with Gasteiger partial charge in [0.2, 0.25) is 5.91 Å². The van der Waals surface area contributed by atoms with E-state index in [-0.39, 0.29) is 0 Å².